The Kier molecular flexibility index (Phi) is 74.7. The number of carbonyl (C=O) groups excluding carboxylic acids is 4. The van der Waals surface area contributed by atoms with Crippen molar-refractivity contribution in [2.45, 2.75) is 471 Å². The topological polar surface area (TPSA) is 237 Å². The molecule has 0 aromatic heterocycles. The minimum absolute atomic E-state index is 0.106. The fourth-order valence-corrected chi connectivity index (χ4v) is 14.9. The van der Waals surface area contributed by atoms with Crippen LogP contribution in [0.1, 0.15) is 453 Å². The van der Waals surface area contributed by atoms with Gasteiger partial charge in [-0.1, -0.05) is 402 Å². The second kappa shape index (κ2) is 76.1. The minimum Gasteiger partial charge on any atom is -0.462 e. The van der Waals surface area contributed by atoms with Gasteiger partial charge in [0.25, 0.3) is 0 Å². The molecular weight excluding hydrogens is 1370 g/mol. The number of phosphoric ester groups is 2. The monoisotopic (exact) mass is 1540 g/mol. The van der Waals surface area contributed by atoms with Gasteiger partial charge in [0, 0.05) is 25.7 Å². The molecule has 3 N–H and O–H groups in total. The zero-order valence-corrected chi connectivity index (χ0v) is 71.0. The maximum atomic E-state index is 13.2. The molecule has 0 saturated heterocycles. The lowest BCUT2D eigenvalue weighted by molar-refractivity contribution is -0.161. The number of aliphatic hydroxyl groups excluding tert-OH is 1. The van der Waals surface area contributed by atoms with E-state index < -0.39 is 97.5 Å². The number of phosphoric acid groups is 2. The second-order valence-corrected chi connectivity index (χ2v) is 34.8. The molecule has 0 amide bonds. The molecular formula is C86H168O17P2. The van der Waals surface area contributed by atoms with E-state index in [1.54, 1.807) is 0 Å². The van der Waals surface area contributed by atoms with Gasteiger partial charge in [0.1, 0.15) is 19.3 Å². The molecule has 0 saturated carbocycles. The predicted molar refractivity (Wildman–Crippen MR) is 432 cm³/mol. The van der Waals surface area contributed by atoms with Crippen LogP contribution in [0.3, 0.4) is 0 Å². The van der Waals surface area contributed by atoms with Crippen LogP contribution >= 0.6 is 15.6 Å². The fraction of sp³-hybridized carbons (Fsp3) is 0.953. The van der Waals surface area contributed by atoms with E-state index in [-0.39, 0.29) is 25.7 Å². The van der Waals surface area contributed by atoms with Crippen LogP contribution < -0.4 is 0 Å². The molecule has 19 heteroatoms. The van der Waals surface area contributed by atoms with Gasteiger partial charge >= 0.3 is 39.5 Å². The van der Waals surface area contributed by atoms with Gasteiger partial charge in [-0.3, -0.25) is 37.3 Å². The summed E-state index contributed by atoms with van der Waals surface area (Å²) in [6, 6.07) is 0. The molecule has 0 aliphatic rings. The van der Waals surface area contributed by atoms with E-state index in [2.05, 4.69) is 48.5 Å². The number of aliphatic hydroxyl groups is 1. The van der Waals surface area contributed by atoms with Crippen molar-refractivity contribution in [2.24, 2.45) is 17.8 Å². The molecule has 0 aromatic rings. The van der Waals surface area contributed by atoms with Gasteiger partial charge in [0.2, 0.25) is 0 Å². The van der Waals surface area contributed by atoms with Crippen molar-refractivity contribution in [2.75, 3.05) is 39.6 Å². The molecule has 0 heterocycles. The largest absolute Gasteiger partial charge is 0.472 e. The standard InChI is InChI=1S/C86H168O17P2/c1-8-11-12-13-14-15-16-17-18-19-23-26-29-32-38-46-53-60-67-83(88)96-73-81(102-85(90)69-62-55-48-39-33-30-27-24-21-20-22-25-28-31-36-43-50-57-64-77(4)5)75-100-104(92,93)98-71-80(87)72-99-105(94,95)101-76-82(74-97-84(89)68-61-54-47-42-41-45-52-59-66-79(7)10-3)103-86(91)70-63-56-49-40-35-34-37-44-51-58-65-78(6)9-2/h77-82,87H,8-76H2,1-7H3,(H,92,93)(H,94,95)/t78?,79?,80-,81-,82-/m1/s1. The molecule has 0 aliphatic heterocycles. The summed E-state index contributed by atoms with van der Waals surface area (Å²) in [4.78, 5) is 73.2. The fourth-order valence-electron chi connectivity index (χ4n) is 13.3. The molecule has 0 spiro atoms. The van der Waals surface area contributed by atoms with Gasteiger partial charge in [-0.25, -0.2) is 9.13 Å². The van der Waals surface area contributed by atoms with Gasteiger partial charge in [0.05, 0.1) is 26.4 Å². The van der Waals surface area contributed by atoms with Gasteiger partial charge in [-0.15, -0.1) is 0 Å². The summed E-state index contributed by atoms with van der Waals surface area (Å²) in [6.45, 7) is 12.0. The summed E-state index contributed by atoms with van der Waals surface area (Å²) < 4.78 is 68.9. The van der Waals surface area contributed by atoms with E-state index in [0.29, 0.717) is 25.7 Å². The van der Waals surface area contributed by atoms with Crippen LogP contribution in [0, 0.1) is 17.8 Å². The van der Waals surface area contributed by atoms with Gasteiger partial charge in [-0.05, 0) is 43.4 Å². The molecule has 0 bridgehead atoms. The molecule has 624 valence electrons. The van der Waals surface area contributed by atoms with Crippen molar-refractivity contribution < 1.29 is 80.2 Å². The van der Waals surface area contributed by atoms with E-state index in [1.807, 2.05) is 0 Å². The van der Waals surface area contributed by atoms with E-state index >= 15 is 0 Å². The predicted octanol–water partition coefficient (Wildman–Crippen LogP) is 26.1. The number of rotatable bonds is 84. The Hall–Kier alpha value is -1.94. The highest BCUT2D eigenvalue weighted by Gasteiger charge is 2.30. The van der Waals surface area contributed by atoms with Crippen molar-refractivity contribution in [3.8, 4) is 0 Å². The first-order valence-electron chi connectivity index (χ1n) is 44.4. The van der Waals surface area contributed by atoms with Crippen molar-refractivity contribution in [3.63, 3.8) is 0 Å². The smallest absolute Gasteiger partial charge is 0.462 e. The van der Waals surface area contributed by atoms with Crippen LogP contribution in [0.15, 0.2) is 0 Å². The SMILES string of the molecule is CCCCCCCCCCCCCCCCCCCCC(=O)OC[C@H](COP(=O)(O)OC[C@@H](O)COP(=O)(O)OC[C@@H](COC(=O)CCCCCCCCCCC(C)CC)OC(=O)CCCCCCCCCCCCC(C)CC)OC(=O)CCCCCCCCCCCCCCCCCCCCC(C)C. The zero-order valence-electron chi connectivity index (χ0n) is 69.2. The van der Waals surface area contributed by atoms with Gasteiger partial charge in [0.15, 0.2) is 12.2 Å². The highest BCUT2D eigenvalue weighted by Crippen LogP contribution is 2.45. The Balaban J connectivity index is 5.25. The highest BCUT2D eigenvalue weighted by atomic mass is 31.2. The van der Waals surface area contributed by atoms with E-state index in [0.717, 1.165) is 108 Å². The first-order valence-corrected chi connectivity index (χ1v) is 47.4. The Morgan fingerprint density at radius 2 is 0.486 bits per heavy atom. The number of hydrogen-bond donors (Lipinski definition) is 3. The van der Waals surface area contributed by atoms with Crippen LogP contribution in [0.4, 0.5) is 0 Å². The third kappa shape index (κ3) is 77.2. The van der Waals surface area contributed by atoms with Gasteiger partial charge < -0.3 is 33.8 Å². The van der Waals surface area contributed by atoms with Crippen molar-refractivity contribution in [1.82, 2.24) is 0 Å². The molecule has 0 aliphatic carbocycles. The van der Waals surface area contributed by atoms with Crippen LogP contribution in [0.5, 0.6) is 0 Å². The van der Waals surface area contributed by atoms with E-state index in [9.17, 15) is 43.2 Å². The van der Waals surface area contributed by atoms with E-state index in [4.69, 9.17) is 37.0 Å². The lowest BCUT2D eigenvalue weighted by Gasteiger charge is -2.21. The first-order chi connectivity index (χ1) is 50.8. The Morgan fingerprint density at radius 1 is 0.276 bits per heavy atom. The molecule has 0 rings (SSSR count). The maximum absolute atomic E-state index is 13.2. The normalized spacial score (nSPS) is 14.4. The Labute approximate surface area is 645 Å². The van der Waals surface area contributed by atoms with Gasteiger partial charge in [-0.2, -0.15) is 0 Å². The van der Waals surface area contributed by atoms with Crippen LogP contribution in [-0.4, -0.2) is 96.7 Å². The molecule has 0 fully saturated rings. The number of hydrogen-bond acceptors (Lipinski definition) is 15. The molecule has 17 nitrogen and oxygen atoms in total. The first kappa shape index (κ1) is 103. The molecule has 0 aromatic carbocycles. The molecule has 105 heavy (non-hydrogen) atoms. The molecule has 4 unspecified atom stereocenters. The molecule has 0 radical (unpaired) electrons. The van der Waals surface area contributed by atoms with Crippen molar-refractivity contribution >= 4 is 39.5 Å². The number of unbranched alkanes of at least 4 members (excludes halogenated alkanes) is 50. The Morgan fingerprint density at radius 3 is 0.724 bits per heavy atom. The number of esters is 4. The van der Waals surface area contributed by atoms with Crippen molar-refractivity contribution in [3.05, 3.63) is 0 Å². The lowest BCUT2D eigenvalue weighted by Crippen LogP contribution is -2.30. The average Bonchev–Trinajstić information content (AvgIpc) is 0.995. The maximum Gasteiger partial charge on any atom is 0.472 e. The second-order valence-electron chi connectivity index (χ2n) is 31.9. The van der Waals surface area contributed by atoms with Crippen LogP contribution in [0.25, 0.3) is 0 Å². The number of ether oxygens (including phenoxy) is 4. The van der Waals surface area contributed by atoms with Crippen molar-refractivity contribution in [1.29, 1.82) is 0 Å². The molecule has 7 atom stereocenters. The van der Waals surface area contributed by atoms with Crippen LogP contribution in [-0.2, 0) is 65.4 Å². The minimum atomic E-state index is -4.97. The highest BCUT2D eigenvalue weighted by molar-refractivity contribution is 7.47. The zero-order chi connectivity index (χ0) is 77.2. The summed E-state index contributed by atoms with van der Waals surface area (Å²) in [5.74, 6) is 0.296. The van der Waals surface area contributed by atoms with E-state index in [1.165, 1.54) is 263 Å². The summed E-state index contributed by atoms with van der Waals surface area (Å²) in [7, 11) is -9.93. The summed E-state index contributed by atoms with van der Waals surface area (Å²) in [6.07, 6.45) is 66.5. The Bertz CT molecular complexity index is 2030. The average molecular weight is 1540 g/mol. The summed E-state index contributed by atoms with van der Waals surface area (Å²) in [5, 5.41) is 10.7. The lowest BCUT2D eigenvalue weighted by atomic mass is 9.99. The third-order valence-corrected chi connectivity index (χ3v) is 22.8. The summed E-state index contributed by atoms with van der Waals surface area (Å²) in [5.41, 5.74) is 0. The van der Waals surface area contributed by atoms with Crippen LogP contribution in [0.2, 0.25) is 0 Å². The third-order valence-electron chi connectivity index (χ3n) is 20.9. The quantitative estimate of drug-likeness (QED) is 0.0222. The summed E-state index contributed by atoms with van der Waals surface area (Å²) >= 11 is 0. The number of carbonyl (C=O) groups is 4.